The van der Waals surface area contributed by atoms with Crippen molar-refractivity contribution in [2.45, 2.75) is 79.7 Å². The summed E-state index contributed by atoms with van der Waals surface area (Å²) < 4.78 is 2.70. The Morgan fingerprint density at radius 3 is 2.16 bits per heavy atom. The van der Waals surface area contributed by atoms with Crippen LogP contribution in [-0.4, -0.2) is 16.8 Å². The largest absolute Gasteiger partial charge is 0.686 e. The van der Waals surface area contributed by atoms with E-state index in [0.717, 1.165) is 27.9 Å². The number of nitrogens with zero attached hydrogens (tertiary/aromatic N) is 2. The minimum Gasteiger partial charge on any atom is -0.686 e. The molecule has 0 aliphatic rings. The van der Waals surface area contributed by atoms with E-state index in [1.54, 1.807) is 6.08 Å². The van der Waals surface area contributed by atoms with Gasteiger partial charge in [0.1, 0.15) is 0 Å². The molecular formula is C40H42IrN2OS-2. The molecule has 0 aliphatic heterocycles. The predicted octanol–water partition coefficient (Wildman–Crippen LogP) is 11.9. The minimum atomic E-state index is 0. The predicted molar refractivity (Wildman–Crippen MR) is 192 cm³/mol. The second-order valence-electron chi connectivity index (χ2n) is 13.2. The molecule has 0 saturated carbocycles. The molecule has 4 aromatic carbocycles. The third-order valence-corrected chi connectivity index (χ3v) is 8.99. The zero-order valence-corrected chi connectivity index (χ0v) is 30.9. The number of aromatic nitrogens is 1. The van der Waals surface area contributed by atoms with Crippen molar-refractivity contribution >= 4 is 59.0 Å². The summed E-state index contributed by atoms with van der Waals surface area (Å²) in [5.74, 6) is 0.529. The average Bonchev–Trinajstić information content (AvgIpc) is 3.35. The third kappa shape index (κ3) is 7.38. The average molecular weight is 791 g/mol. The molecule has 3 nitrogen and oxygen atoms in total. The van der Waals surface area contributed by atoms with Crippen molar-refractivity contribution in [2.75, 3.05) is 0 Å². The van der Waals surface area contributed by atoms with E-state index >= 15 is 0 Å². The summed E-state index contributed by atoms with van der Waals surface area (Å²) in [7, 11) is 0. The molecule has 0 spiro atoms. The Bertz CT molecular complexity index is 2030. The van der Waals surface area contributed by atoms with Crippen molar-refractivity contribution < 1.29 is 24.9 Å². The quantitative estimate of drug-likeness (QED) is 0.129. The molecule has 45 heavy (non-hydrogen) atoms. The van der Waals surface area contributed by atoms with Crippen LogP contribution in [0.4, 0.5) is 0 Å². The standard InChI is InChI=1S/C32H28NS.C8H15NO.Ir/c1-19(2)22-14-10-15-25-28-29(33-27-16-9-8-13-24(27)31(28)34-30(22)25)21-17-20-11-6-7-12-23(20)26(18-21)32(3,4)5;1-6(2)9-7(3)5-8(4)10;/h6-16,18-19H,1-5H3;5-6H,1-4H3,(H,9,10);/q-1;;/p-1. The van der Waals surface area contributed by atoms with Crippen LogP contribution in [-0.2, 0) is 30.3 Å². The fourth-order valence-electron chi connectivity index (χ4n) is 5.87. The molecule has 0 bridgehead atoms. The molecule has 6 aromatic rings. The number of fused-ring (bicyclic) bond motifs is 6. The van der Waals surface area contributed by atoms with E-state index in [9.17, 15) is 4.79 Å². The molecule has 0 saturated heterocycles. The van der Waals surface area contributed by atoms with Crippen LogP contribution < -0.4 is 0 Å². The van der Waals surface area contributed by atoms with Gasteiger partial charge in [-0.1, -0.05) is 121 Å². The number of hydrogen-bond acceptors (Lipinski definition) is 3. The summed E-state index contributed by atoms with van der Waals surface area (Å²) in [5.41, 5.74) is 6.73. The molecule has 0 fully saturated rings. The number of thiophene rings is 1. The van der Waals surface area contributed by atoms with Gasteiger partial charge in [0.05, 0.1) is 5.52 Å². The van der Waals surface area contributed by atoms with Crippen LogP contribution in [0.5, 0.6) is 0 Å². The van der Waals surface area contributed by atoms with Gasteiger partial charge in [0.15, 0.2) is 5.78 Å². The monoisotopic (exact) mass is 791 g/mol. The number of carbonyl (C=O) groups is 1. The van der Waals surface area contributed by atoms with Gasteiger partial charge in [-0.05, 0) is 46.7 Å². The number of para-hydroxylation sites is 1. The van der Waals surface area contributed by atoms with Gasteiger partial charge in [-0.2, -0.15) is 5.70 Å². The minimum absolute atomic E-state index is 0. The fraction of sp³-hybridized carbons (Fsp3) is 0.300. The summed E-state index contributed by atoms with van der Waals surface area (Å²) in [6.07, 6.45) is 1.54. The van der Waals surface area contributed by atoms with E-state index in [2.05, 4.69) is 119 Å². The molecule has 0 amide bonds. The number of allylic oxidation sites excluding steroid dienone is 2. The maximum absolute atomic E-state index is 10.5. The van der Waals surface area contributed by atoms with Crippen LogP contribution in [0.3, 0.4) is 0 Å². The molecular weight excluding hydrogens is 749 g/mol. The van der Waals surface area contributed by atoms with Crippen LogP contribution in [0.2, 0.25) is 0 Å². The molecule has 0 unspecified atom stereocenters. The van der Waals surface area contributed by atoms with Crippen LogP contribution in [0, 0.1) is 6.07 Å². The zero-order chi connectivity index (χ0) is 31.8. The molecule has 2 heterocycles. The number of benzene rings is 4. The smallest absolute Gasteiger partial charge is 0.151 e. The van der Waals surface area contributed by atoms with Gasteiger partial charge in [0.2, 0.25) is 0 Å². The van der Waals surface area contributed by atoms with Crippen LogP contribution in [0.1, 0.15) is 79.4 Å². The zero-order valence-electron chi connectivity index (χ0n) is 27.7. The van der Waals surface area contributed by atoms with Gasteiger partial charge in [-0.25, -0.2) is 0 Å². The molecule has 0 aliphatic carbocycles. The molecule has 1 radical (unpaired) electrons. The molecule has 0 atom stereocenters. The summed E-state index contributed by atoms with van der Waals surface area (Å²) in [6.45, 7) is 18.8. The number of carbonyl (C=O) groups excluding carboxylic acids is 1. The van der Waals surface area contributed by atoms with Crippen molar-refractivity contribution in [3.05, 3.63) is 107 Å². The number of rotatable bonds is 5. The Morgan fingerprint density at radius 2 is 1.51 bits per heavy atom. The Morgan fingerprint density at radius 1 is 0.867 bits per heavy atom. The number of pyridine rings is 1. The summed E-state index contributed by atoms with van der Waals surface area (Å²) >= 11 is 1.91. The first-order valence-electron chi connectivity index (χ1n) is 15.4. The summed E-state index contributed by atoms with van der Waals surface area (Å²) in [5, 5.41) is 10.4. The first-order chi connectivity index (χ1) is 20.8. The van der Waals surface area contributed by atoms with E-state index in [0.29, 0.717) is 5.92 Å². The van der Waals surface area contributed by atoms with E-state index in [4.69, 9.17) is 4.98 Å². The van der Waals surface area contributed by atoms with Crippen molar-refractivity contribution in [3.63, 3.8) is 0 Å². The van der Waals surface area contributed by atoms with Gasteiger partial charge >= 0.3 is 0 Å². The van der Waals surface area contributed by atoms with E-state index in [1.807, 2.05) is 32.1 Å². The Kier molecular flexibility index (Phi) is 10.7. The van der Waals surface area contributed by atoms with Gasteiger partial charge in [-0.3, -0.25) is 9.78 Å². The molecule has 235 valence electrons. The summed E-state index contributed by atoms with van der Waals surface area (Å²) in [6, 6.07) is 30.3. The molecule has 5 heteroatoms. The van der Waals surface area contributed by atoms with Crippen molar-refractivity contribution in [1.29, 1.82) is 0 Å². The van der Waals surface area contributed by atoms with Gasteiger partial charge < -0.3 is 5.32 Å². The van der Waals surface area contributed by atoms with Crippen LogP contribution in [0.25, 0.3) is 58.4 Å². The van der Waals surface area contributed by atoms with Gasteiger partial charge in [0, 0.05) is 40.6 Å². The molecule has 6 rings (SSSR count). The Hall–Kier alpha value is -3.37. The second-order valence-corrected chi connectivity index (χ2v) is 14.2. The van der Waals surface area contributed by atoms with E-state index < -0.39 is 0 Å². The van der Waals surface area contributed by atoms with E-state index in [-0.39, 0.29) is 37.3 Å². The Labute approximate surface area is 285 Å². The maximum Gasteiger partial charge on any atom is 0.151 e. The van der Waals surface area contributed by atoms with Gasteiger partial charge in [0.25, 0.3) is 0 Å². The van der Waals surface area contributed by atoms with Crippen LogP contribution >= 0.6 is 11.3 Å². The van der Waals surface area contributed by atoms with E-state index in [1.165, 1.54) is 49.0 Å². The maximum atomic E-state index is 10.5. The first-order valence-corrected chi connectivity index (χ1v) is 16.3. The normalized spacial score (nSPS) is 12.1. The fourth-order valence-corrected chi connectivity index (χ4v) is 7.37. The Balaban J connectivity index is 0.000000365. The van der Waals surface area contributed by atoms with Crippen molar-refractivity contribution in [1.82, 2.24) is 4.98 Å². The van der Waals surface area contributed by atoms with Crippen LogP contribution in [0.15, 0.2) is 84.6 Å². The second kappa shape index (κ2) is 14.0. The third-order valence-electron chi connectivity index (χ3n) is 7.70. The number of hydrogen-bond donors (Lipinski definition) is 0. The van der Waals surface area contributed by atoms with Gasteiger partial charge in [-0.15, -0.1) is 46.5 Å². The number of ketones is 1. The molecule has 2 aromatic heterocycles. The summed E-state index contributed by atoms with van der Waals surface area (Å²) in [4.78, 5) is 15.8. The first kappa shape index (κ1) is 34.5. The van der Waals surface area contributed by atoms with Crippen molar-refractivity contribution in [3.8, 4) is 11.3 Å². The SMILES string of the molecule is CC(=O)/C=C(/C)[N-]C(C)C.CC(C)c1cccc2c1sc1c3ccccc3nc(-c3[c-]c4ccccc4c(C(C)(C)C)c3)c21.[Ir]. The molecule has 0 N–H and O–H groups in total. The van der Waals surface area contributed by atoms with Crippen molar-refractivity contribution in [2.24, 2.45) is 0 Å². The topological polar surface area (TPSA) is 44.1 Å².